The van der Waals surface area contributed by atoms with Gasteiger partial charge in [0, 0.05) is 12.4 Å². The Balaban J connectivity index is 2.40. The van der Waals surface area contributed by atoms with Crippen LogP contribution in [0, 0.1) is 0 Å². The molecule has 0 radical (unpaired) electrons. The number of nitrogens with one attached hydrogen (secondary N) is 1. The van der Waals surface area contributed by atoms with Gasteiger partial charge in [-0.2, -0.15) is 5.10 Å². The van der Waals surface area contributed by atoms with Gasteiger partial charge in [0.15, 0.2) is 0 Å². The van der Waals surface area contributed by atoms with E-state index >= 15 is 0 Å². The van der Waals surface area contributed by atoms with Crippen molar-refractivity contribution in [2.24, 2.45) is 12.9 Å². The fraction of sp³-hybridized carbons (Fsp3) is 0.0769. The van der Waals surface area contributed by atoms with Gasteiger partial charge in [0.2, 0.25) is 0 Å². The molecule has 0 aliphatic heterocycles. The molecule has 0 unspecified atom stereocenters. The van der Waals surface area contributed by atoms with Crippen LogP contribution in [0.3, 0.4) is 0 Å². The van der Waals surface area contributed by atoms with Crippen molar-refractivity contribution in [2.45, 2.75) is 0 Å². The molecule has 2 heterocycles. The van der Waals surface area contributed by atoms with Gasteiger partial charge in [-0.3, -0.25) is 10.2 Å². The Morgan fingerprint density at radius 1 is 1.33 bits per heavy atom. The molecule has 2 aromatic heterocycles. The lowest BCUT2D eigenvalue weighted by Crippen LogP contribution is -2.20. The highest BCUT2D eigenvalue weighted by Crippen LogP contribution is 2.31. The van der Waals surface area contributed by atoms with Crippen LogP contribution >= 0.6 is 0 Å². The zero-order valence-electron chi connectivity index (χ0n) is 11.1. The maximum Gasteiger partial charge on any atom is 0.264 e. The Kier molecular flexibility index (Phi) is 2.99. The number of hydrogen-bond acceptors (Lipinski definition) is 7. The van der Waals surface area contributed by atoms with Gasteiger partial charge in [-0.25, -0.2) is 10.8 Å². The third-order valence-electron chi connectivity index (χ3n) is 3.22. The maximum absolute atomic E-state index is 12.5. The van der Waals surface area contributed by atoms with Crippen molar-refractivity contribution in [2.75, 3.05) is 5.43 Å². The van der Waals surface area contributed by atoms with Gasteiger partial charge in [0.1, 0.15) is 17.0 Å². The fourth-order valence-electron chi connectivity index (χ4n) is 2.20. The normalized spacial score (nSPS) is 10.8. The number of aryl methyl sites for hydroxylation is 1. The summed E-state index contributed by atoms with van der Waals surface area (Å²) in [4.78, 5) is 16.5. The summed E-state index contributed by atoms with van der Waals surface area (Å²) in [6.07, 6.45) is 1.30. The first-order chi connectivity index (χ1) is 10.1. The van der Waals surface area contributed by atoms with Crippen molar-refractivity contribution in [1.29, 1.82) is 0 Å². The molecule has 1 aromatic carbocycles. The number of pyridine rings is 1. The molecule has 0 fully saturated rings. The number of rotatable bonds is 2. The molecule has 0 aliphatic rings. The molecular formula is C13H12N6O2. The van der Waals surface area contributed by atoms with Crippen LogP contribution in [0.4, 0.5) is 5.95 Å². The van der Waals surface area contributed by atoms with Crippen LogP contribution < -0.4 is 16.8 Å². The smallest absolute Gasteiger partial charge is 0.264 e. The molecule has 4 N–H and O–H groups in total. The van der Waals surface area contributed by atoms with E-state index in [2.05, 4.69) is 20.6 Å². The van der Waals surface area contributed by atoms with Crippen LogP contribution in [-0.4, -0.2) is 24.9 Å². The lowest BCUT2D eigenvalue weighted by atomic mass is 10.1. The molecule has 0 saturated carbocycles. The van der Waals surface area contributed by atoms with Crippen LogP contribution in [0.25, 0.3) is 22.2 Å². The predicted octanol–water partition coefficient (Wildman–Crippen LogP) is 0.382. The molecule has 106 valence electrons. The lowest BCUT2D eigenvalue weighted by molar-refractivity contribution is 0.481. The summed E-state index contributed by atoms with van der Waals surface area (Å²) in [5.41, 5.74) is 2.75. The summed E-state index contributed by atoms with van der Waals surface area (Å²) < 4.78 is 1.45. The number of para-hydroxylation sites is 1. The molecule has 8 nitrogen and oxygen atoms in total. The Morgan fingerprint density at radius 3 is 2.86 bits per heavy atom. The third-order valence-corrected chi connectivity index (χ3v) is 3.22. The minimum atomic E-state index is -0.380. The van der Waals surface area contributed by atoms with Crippen molar-refractivity contribution in [3.8, 4) is 17.0 Å². The first kappa shape index (κ1) is 13.0. The summed E-state index contributed by atoms with van der Waals surface area (Å²) in [5.74, 6) is 5.15. The monoisotopic (exact) mass is 284 g/mol. The fourth-order valence-corrected chi connectivity index (χ4v) is 2.20. The minimum Gasteiger partial charge on any atom is -0.506 e. The predicted molar refractivity (Wildman–Crippen MR) is 77.5 cm³/mol. The molecule has 3 aromatic rings. The number of nitrogens with zero attached hydrogens (tertiary/aromatic N) is 4. The largest absolute Gasteiger partial charge is 0.506 e. The Bertz CT molecular complexity index is 889. The molecular weight excluding hydrogens is 272 g/mol. The van der Waals surface area contributed by atoms with Gasteiger partial charge in [-0.15, -0.1) is 5.10 Å². The number of hydrazine groups is 1. The first-order valence-corrected chi connectivity index (χ1v) is 6.11. The average Bonchev–Trinajstić information content (AvgIpc) is 2.53. The number of nitrogen functional groups attached to an aromatic ring is 1. The van der Waals surface area contributed by atoms with Crippen LogP contribution in [0.5, 0.6) is 5.75 Å². The zero-order chi connectivity index (χ0) is 15.0. The zero-order valence-corrected chi connectivity index (χ0v) is 11.1. The van der Waals surface area contributed by atoms with E-state index in [9.17, 15) is 9.90 Å². The van der Waals surface area contributed by atoms with E-state index in [1.807, 2.05) is 0 Å². The number of hydrogen-bond donors (Lipinski definition) is 3. The molecule has 0 atom stereocenters. The highest BCUT2D eigenvalue weighted by atomic mass is 16.3. The van der Waals surface area contributed by atoms with E-state index in [4.69, 9.17) is 5.84 Å². The molecule has 0 saturated heterocycles. The summed E-state index contributed by atoms with van der Waals surface area (Å²) in [5, 5.41) is 18.3. The van der Waals surface area contributed by atoms with Crippen LogP contribution in [0.1, 0.15) is 0 Å². The van der Waals surface area contributed by atoms with Crippen LogP contribution in [0.15, 0.2) is 35.3 Å². The second-order valence-electron chi connectivity index (χ2n) is 4.41. The molecule has 0 aliphatic carbocycles. The Labute approximate surface area is 118 Å². The summed E-state index contributed by atoms with van der Waals surface area (Å²) in [6.45, 7) is 0. The minimum absolute atomic E-state index is 0.0575. The molecule has 0 spiro atoms. The van der Waals surface area contributed by atoms with Crippen LogP contribution in [-0.2, 0) is 7.05 Å². The Hall–Kier alpha value is -3.00. The number of aromatic hydroxyl groups is 1. The Morgan fingerprint density at radius 2 is 2.10 bits per heavy atom. The van der Waals surface area contributed by atoms with Gasteiger partial charge in [-0.1, -0.05) is 12.1 Å². The van der Waals surface area contributed by atoms with E-state index in [0.717, 1.165) is 0 Å². The summed E-state index contributed by atoms with van der Waals surface area (Å²) >= 11 is 0. The molecule has 0 amide bonds. The topological polar surface area (TPSA) is 119 Å². The number of aromatic nitrogens is 4. The number of nitrogens with two attached hydrogens (primary N) is 1. The SMILES string of the molecule is Cn1c(=O)c(-c2cnnc(NN)n2)c(O)c2ccccc21. The van der Waals surface area contributed by atoms with E-state index in [-0.39, 0.29) is 28.5 Å². The first-order valence-electron chi connectivity index (χ1n) is 6.11. The van der Waals surface area contributed by atoms with Gasteiger partial charge >= 0.3 is 0 Å². The molecule has 21 heavy (non-hydrogen) atoms. The van der Waals surface area contributed by atoms with Crippen molar-refractivity contribution in [3.05, 3.63) is 40.8 Å². The van der Waals surface area contributed by atoms with E-state index in [1.54, 1.807) is 31.3 Å². The van der Waals surface area contributed by atoms with Crippen LogP contribution in [0.2, 0.25) is 0 Å². The van der Waals surface area contributed by atoms with Gasteiger partial charge in [0.05, 0.1) is 11.7 Å². The molecule has 3 rings (SSSR count). The second kappa shape index (κ2) is 4.84. The highest BCUT2D eigenvalue weighted by molar-refractivity contribution is 5.91. The van der Waals surface area contributed by atoms with E-state index in [0.29, 0.717) is 10.9 Å². The summed E-state index contributed by atoms with van der Waals surface area (Å²) in [6, 6.07) is 7.06. The average molecular weight is 284 g/mol. The quantitative estimate of drug-likeness (QED) is 0.459. The summed E-state index contributed by atoms with van der Waals surface area (Å²) in [7, 11) is 1.63. The van der Waals surface area contributed by atoms with Gasteiger partial charge in [-0.05, 0) is 12.1 Å². The van der Waals surface area contributed by atoms with Crippen molar-refractivity contribution in [1.82, 2.24) is 19.7 Å². The van der Waals surface area contributed by atoms with Crippen molar-refractivity contribution < 1.29 is 5.11 Å². The number of fused-ring (bicyclic) bond motifs is 1. The maximum atomic E-state index is 12.5. The van der Waals surface area contributed by atoms with E-state index < -0.39 is 0 Å². The third kappa shape index (κ3) is 1.98. The lowest BCUT2D eigenvalue weighted by Gasteiger charge is -2.11. The van der Waals surface area contributed by atoms with E-state index in [1.165, 1.54) is 10.8 Å². The second-order valence-corrected chi connectivity index (χ2v) is 4.41. The highest BCUT2D eigenvalue weighted by Gasteiger charge is 2.18. The number of benzene rings is 1. The number of anilines is 1. The molecule has 0 bridgehead atoms. The van der Waals surface area contributed by atoms with Gasteiger partial charge in [0.25, 0.3) is 11.5 Å². The van der Waals surface area contributed by atoms with Gasteiger partial charge < -0.3 is 9.67 Å². The van der Waals surface area contributed by atoms with Crippen molar-refractivity contribution >= 4 is 16.9 Å². The standard InChI is InChI=1S/C13H12N6O2/c1-19-9-5-3-2-4-7(9)11(20)10(12(19)21)8-6-15-18-13(16-8)17-14/h2-6,20H,14H2,1H3,(H,16,17,18). The van der Waals surface area contributed by atoms with Crippen molar-refractivity contribution in [3.63, 3.8) is 0 Å². The molecule has 8 heteroatoms.